The molecule has 1 aliphatic carbocycles. The van der Waals surface area contributed by atoms with Gasteiger partial charge in [-0.15, -0.1) is 0 Å². The van der Waals surface area contributed by atoms with Crippen molar-refractivity contribution in [3.63, 3.8) is 0 Å². The zero-order valence-electron chi connectivity index (χ0n) is 9.20. The molecule has 14 heavy (non-hydrogen) atoms. The van der Waals surface area contributed by atoms with Crippen LogP contribution in [0.15, 0.2) is 0 Å². The fourth-order valence-electron chi connectivity index (χ4n) is 2.26. The summed E-state index contributed by atoms with van der Waals surface area (Å²) in [7, 11) is -3.79. The van der Waals surface area contributed by atoms with Crippen LogP contribution in [0, 0.1) is 11.8 Å². The molecule has 1 rings (SSSR count). The van der Waals surface area contributed by atoms with Gasteiger partial charge in [0.05, 0.1) is 12.3 Å². The van der Waals surface area contributed by atoms with Crippen molar-refractivity contribution in [2.75, 3.05) is 6.16 Å². The van der Waals surface area contributed by atoms with Crippen molar-refractivity contribution in [2.24, 2.45) is 11.8 Å². The Kier molecular flexibility index (Phi) is 4.15. The van der Waals surface area contributed by atoms with Gasteiger partial charge >= 0.3 is 7.68 Å². The van der Waals surface area contributed by atoms with Gasteiger partial charge in [-0.3, -0.25) is 4.57 Å². The number of hydrogen-bond donors (Lipinski definition) is 0. The predicted octanol–water partition coefficient (Wildman–Crippen LogP) is 4.01. The molecule has 84 valence electrons. The lowest BCUT2D eigenvalue weighted by atomic mass is 9.82. The largest absolute Gasteiger partial charge is 0.367 e. The quantitative estimate of drug-likeness (QED) is 0.674. The van der Waals surface area contributed by atoms with Crippen LogP contribution in [0.25, 0.3) is 0 Å². The summed E-state index contributed by atoms with van der Waals surface area (Å²) < 4.78 is 29.4. The SMILES string of the molecule is CCP(=O)(F)OC1CC(C)CC(C)C1. The van der Waals surface area contributed by atoms with E-state index in [1.165, 1.54) is 6.42 Å². The molecule has 2 nitrogen and oxygen atoms in total. The first kappa shape index (κ1) is 12.2. The van der Waals surface area contributed by atoms with E-state index in [9.17, 15) is 8.76 Å². The molecule has 1 aliphatic rings. The molecular weight excluding hydrogens is 202 g/mol. The molecule has 0 aromatic heterocycles. The highest BCUT2D eigenvalue weighted by atomic mass is 31.2. The average Bonchev–Trinajstić information content (AvgIpc) is 2.01. The second-order valence-electron chi connectivity index (χ2n) is 4.55. The van der Waals surface area contributed by atoms with E-state index in [0.29, 0.717) is 11.8 Å². The maximum Gasteiger partial charge on any atom is 0.367 e. The molecule has 0 radical (unpaired) electrons. The molecule has 0 amide bonds. The first-order valence-electron chi connectivity index (χ1n) is 5.40. The van der Waals surface area contributed by atoms with Gasteiger partial charge in [-0.2, -0.15) is 4.20 Å². The molecule has 0 aromatic carbocycles. The lowest BCUT2D eigenvalue weighted by molar-refractivity contribution is 0.0961. The van der Waals surface area contributed by atoms with Crippen molar-refractivity contribution in [3.05, 3.63) is 0 Å². The summed E-state index contributed by atoms with van der Waals surface area (Å²) in [6.07, 6.45) is 2.72. The van der Waals surface area contributed by atoms with Crippen LogP contribution < -0.4 is 0 Å². The van der Waals surface area contributed by atoms with E-state index in [1.807, 2.05) is 0 Å². The molecule has 3 atom stereocenters. The smallest absolute Gasteiger partial charge is 0.302 e. The fourth-order valence-corrected chi connectivity index (χ4v) is 3.02. The second kappa shape index (κ2) is 4.76. The van der Waals surface area contributed by atoms with E-state index in [0.717, 1.165) is 12.8 Å². The van der Waals surface area contributed by atoms with Crippen molar-refractivity contribution in [1.82, 2.24) is 0 Å². The van der Waals surface area contributed by atoms with Crippen molar-refractivity contribution in [1.29, 1.82) is 0 Å². The number of hydrogen-bond acceptors (Lipinski definition) is 2. The first-order valence-corrected chi connectivity index (χ1v) is 7.10. The topological polar surface area (TPSA) is 26.3 Å². The van der Waals surface area contributed by atoms with Crippen LogP contribution in [0.3, 0.4) is 0 Å². The molecule has 3 unspecified atom stereocenters. The van der Waals surface area contributed by atoms with Gasteiger partial charge in [0.25, 0.3) is 0 Å². The highest BCUT2D eigenvalue weighted by Gasteiger charge is 2.30. The predicted molar refractivity (Wildman–Crippen MR) is 56.3 cm³/mol. The Morgan fingerprint density at radius 3 is 2.21 bits per heavy atom. The van der Waals surface area contributed by atoms with E-state index in [2.05, 4.69) is 13.8 Å². The maximum atomic E-state index is 13.2. The van der Waals surface area contributed by atoms with Crippen molar-refractivity contribution >= 4 is 7.68 Å². The third-order valence-electron chi connectivity index (χ3n) is 2.82. The van der Waals surface area contributed by atoms with Gasteiger partial charge in [0.15, 0.2) is 0 Å². The average molecular weight is 222 g/mol. The Bertz CT molecular complexity index is 222. The van der Waals surface area contributed by atoms with Gasteiger partial charge in [0.2, 0.25) is 0 Å². The number of halogens is 1. The van der Waals surface area contributed by atoms with Crippen molar-refractivity contribution in [2.45, 2.75) is 46.1 Å². The molecule has 1 saturated carbocycles. The van der Waals surface area contributed by atoms with Crippen molar-refractivity contribution < 1.29 is 13.3 Å². The first-order chi connectivity index (χ1) is 6.43. The minimum atomic E-state index is -3.79. The fraction of sp³-hybridized carbons (Fsp3) is 1.00. The molecule has 0 aromatic rings. The van der Waals surface area contributed by atoms with Crippen LogP contribution in [-0.2, 0) is 9.09 Å². The summed E-state index contributed by atoms with van der Waals surface area (Å²) >= 11 is 0. The number of rotatable bonds is 3. The maximum absolute atomic E-state index is 13.2. The van der Waals surface area contributed by atoms with Crippen molar-refractivity contribution in [3.8, 4) is 0 Å². The third kappa shape index (κ3) is 3.70. The molecular formula is C10H20FO2P. The molecule has 0 spiro atoms. The molecule has 1 fully saturated rings. The monoisotopic (exact) mass is 222 g/mol. The zero-order valence-corrected chi connectivity index (χ0v) is 10.1. The Morgan fingerprint density at radius 2 is 1.79 bits per heavy atom. The normalized spacial score (nSPS) is 37.9. The molecule has 0 aliphatic heterocycles. The van der Waals surface area contributed by atoms with E-state index in [-0.39, 0.29) is 12.3 Å². The third-order valence-corrected chi connectivity index (χ3v) is 4.19. The van der Waals surface area contributed by atoms with Gasteiger partial charge in [-0.05, 0) is 31.1 Å². The van der Waals surface area contributed by atoms with Crippen LogP contribution in [-0.4, -0.2) is 12.3 Å². The molecule has 0 saturated heterocycles. The van der Waals surface area contributed by atoms with Crippen LogP contribution in [0.5, 0.6) is 0 Å². The van der Waals surface area contributed by atoms with Crippen LogP contribution >= 0.6 is 7.68 Å². The van der Waals surface area contributed by atoms with E-state index >= 15 is 0 Å². The Morgan fingerprint density at radius 1 is 1.29 bits per heavy atom. The minimum Gasteiger partial charge on any atom is -0.302 e. The van der Waals surface area contributed by atoms with Gasteiger partial charge in [0, 0.05) is 0 Å². The highest BCUT2D eigenvalue weighted by molar-refractivity contribution is 7.53. The molecule has 0 bridgehead atoms. The second-order valence-corrected chi connectivity index (χ2v) is 6.58. The summed E-state index contributed by atoms with van der Waals surface area (Å²) in [6, 6.07) is 0. The summed E-state index contributed by atoms with van der Waals surface area (Å²) in [5, 5.41) is 0. The highest BCUT2D eigenvalue weighted by Crippen LogP contribution is 2.51. The van der Waals surface area contributed by atoms with Crippen LogP contribution in [0.4, 0.5) is 4.20 Å². The standard InChI is InChI=1S/C10H20FO2P/c1-4-14(11,12)13-10-6-8(2)5-9(3)7-10/h8-10H,4-7H2,1-3H3. The minimum absolute atomic E-state index is 0.00768. The van der Waals surface area contributed by atoms with Gasteiger partial charge < -0.3 is 4.52 Å². The Hall–Kier alpha value is 0.120. The lowest BCUT2D eigenvalue weighted by Crippen LogP contribution is -2.25. The van der Waals surface area contributed by atoms with Crippen LogP contribution in [0.2, 0.25) is 0 Å². The van der Waals surface area contributed by atoms with E-state index in [4.69, 9.17) is 4.52 Å². The molecule has 0 N–H and O–H groups in total. The van der Waals surface area contributed by atoms with Gasteiger partial charge in [-0.25, -0.2) is 0 Å². The summed E-state index contributed by atoms with van der Waals surface area (Å²) in [6.45, 7) is 5.85. The van der Waals surface area contributed by atoms with Gasteiger partial charge in [-0.1, -0.05) is 20.8 Å². The summed E-state index contributed by atoms with van der Waals surface area (Å²) in [5.74, 6) is 1.11. The van der Waals surface area contributed by atoms with E-state index < -0.39 is 7.68 Å². The molecule has 0 heterocycles. The Labute approximate surface area is 85.8 Å². The van der Waals surface area contributed by atoms with Crippen LogP contribution in [0.1, 0.15) is 40.0 Å². The van der Waals surface area contributed by atoms with E-state index in [1.54, 1.807) is 6.92 Å². The summed E-state index contributed by atoms with van der Waals surface area (Å²) in [5.41, 5.74) is 0. The zero-order chi connectivity index (χ0) is 10.8. The Balaban J connectivity index is 2.48. The lowest BCUT2D eigenvalue weighted by Gasteiger charge is -2.31. The summed E-state index contributed by atoms with van der Waals surface area (Å²) in [4.78, 5) is 0. The van der Waals surface area contributed by atoms with Gasteiger partial charge in [0.1, 0.15) is 0 Å². The molecule has 4 heteroatoms.